The number of hydrogen-bond donors (Lipinski definition) is 0. The summed E-state index contributed by atoms with van der Waals surface area (Å²) >= 11 is 1.80. The van der Waals surface area contributed by atoms with Gasteiger partial charge in [-0.1, -0.05) is 32.9 Å². The van der Waals surface area contributed by atoms with Crippen molar-refractivity contribution in [3.8, 4) is 0 Å². The van der Waals surface area contributed by atoms with Crippen molar-refractivity contribution in [3.05, 3.63) is 29.8 Å². The molecule has 0 spiro atoms. The van der Waals surface area contributed by atoms with Crippen LogP contribution in [0, 0.1) is 0 Å². The van der Waals surface area contributed by atoms with Crippen LogP contribution in [0.2, 0.25) is 0 Å². The molecule has 0 bridgehead atoms. The van der Waals surface area contributed by atoms with Crippen LogP contribution in [-0.2, 0) is 6.54 Å². The largest absolute Gasteiger partial charge is 0.303 e. The molecule has 0 aliphatic rings. The highest BCUT2D eigenvalue weighted by Gasteiger charge is 2.06. The van der Waals surface area contributed by atoms with E-state index in [1.807, 2.05) is 0 Å². The first-order valence-corrected chi connectivity index (χ1v) is 8.53. The summed E-state index contributed by atoms with van der Waals surface area (Å²) in [6, 6.07) is 8.95. The van der Waals surface area contributed by atoms with Gasteiger partial charge in [0.15, 0.2) is 0 Å². The van der Waals surface area contributed by atoms with Crippen LogP contribution in [-0.4, -0.2) is 48.8 Å². The minimum absolute atomic E-state index is 1.06. The molecule has 0 radical (unpaired) electrons. The van der Waals surface area contributed by atoms with Crippen molar-refractivity contribution in [1.82, 2.24) is 9.80 Å². The van der Waals surface area contributed by atoms with Crippen molar-refractivity contribution >= 4 is 11.8 Å². The predicted molar refractivity (Wildman–Crippen MR) is 87.0 cm³/mol. The third-order valence-corrected chi connectivity index (χ3v) is 4.38. The van der Waals surface area contributed by atoms with E-state index in [4.69, 9.17) is 0 Å². The minimum atomic E-state index is 1.06. The molecule has 0 aliphatic carbocycles. The van der Waals surface area contributed by atoms with Gasteiger partial charge in [-0.25, -0.2) is 0 Å². The zero-order chi connectivity index (χ0) is 14.1. The molecule has 0 N–H and O–H groups in total. The Bertz CT molecular complexity index is 333. The summed E-state index contributed by atoms with van der Waals surface area (Å²) in [4.78, 5) is 6.35. The van der Waals surface area contributed by atoms with Gasteiger partial charge in [0.1, 0.15) is 0 Å². The van der Waals surface area contributed by atoms with Crippen LogP contribution < -0.4 is 0 Å². The van der Waals surface area contributed by atoms with Gasteiger partial charge in [-0.15, -0.1) is 11.8 Å². The average Bonchev–Trinajstić information content (AvgIpc) is 2.47. The SMILES string of the molecule is CCN(CC)CCN(CC)Cc1ccc(SC)cc1. The summed E-state index contributed by atoms with van der Waals surface area (Å²) in [6.45, 7) is 13.5. The van der Waals surface area contributed by atoms with Crippen molar-refractivity contribution in [2.45, 2.75) is 32.2 Å². The lowest BCUT2D eigenvalue weighted by Gasteiger charge is -2.25. The van der Waals surface area contributed by atoms with Crippen molar-refractivity contribution in [3.63, 3.8) is 0 Å². The second-order valence-electron chi connectivity index (χ2n) is 4.74. The molecule has 1 aromatic carbocycles. The molecule has 2 nitrogen and oxygen atoms in total. The molecule has 108 valence electrons. The van der Waals surface area contributed by atoms with Gasteiger partial charge in [-0.2, -0.15) is 0 Å². The lowest BCUT2D eigenvalue weighted by atomic mass is 10.2. The molecular formula is C16H28N2S. The molecule has 1 aromatic rings. The molecule has 0 fully saturated rings. The molecule has 19 heavy (non-hydrogen) atoms. The van der Waals surface area contributed by atoms with E-state index in [1.165, 1.54) is 17.0 Å². The van der Waals surface area contributed by atoms with Gasteiger partial charge < -0.3 is 4.90 Å². The molecule has 0 aliphatic heterocycles. The fourth-order valence-corrected chi connectivity index (χ4v) is 2.57. The third kappa shape index (κ3) is 5.98. The summed E-state index contributed by atoms with van der Waals surface area (Å²) in [7, 11) is 0. The van der Waals surface area contributed by atoms with Gasteiger partial charge in [0, 0.05) is 24.5 Å². The van der Waals surface area contributed by atoms with Crippen LogP contribution in [0.5, 0.6) is 0 Å². The van der Waals surface area contributed by atoms with Crippen LogP contribution in [0.15, 0.2) is 29.2 Å². The second-order valence-corrected chi connectivity index (χ2v) is 5.62. The smallest absolute Gasteiger partial charge is 0.0234 e. The van der Waals surface area contributed by atoms with E-state index in [0.717, 1.165) is 32.7 Å². The second kappa shape index (κ2) is 9.40. The van der Waals surface area contributed by atoms with Crippen LogP contribution in [0.3, 0.4) is 0 Å². The first-order chi connectivity index (χ1) is 9.23. The quantitative estimate of drug-likeness (QED) is 0.639. The van der Waals surface area contributed by atoms with Crippen LogP contribution in [0.25, 0.3) is 0 Å². The fraction of sp³-hybridized carbons (Fsp3) is 0.625. The highest BCUT2D eigenvalue weighted by Crippen LogP contribution is 2.15. The Balaban J connectivity index is 2.46. The Morgan fingerprint density at radius 3 is 1.84 bits per heavy atom. The summed E-state index contributed by atoms with van der Waals surface area (Å²) in [6.07, 6.45) is 2.12. The Hall–Kier alpha value is -0.510. The maximum Gasteiger partial charge on any atom is 0.0234 e. The maximum atomic E-state index is 2.52. The first-order valence-electron chi connectivity index (χ1n) is 7.31. The maximum absolute atomic E-state index is 2.52. The van der Waals surface area contributed by atoms with Crippen molar-refractivity contribution in [1.29, 1.82) is 0 Å². The summed E-state index contributed by atoms with van der Waals surface area (Å²) in [5.41, 5.74) is 1.42. The molecule has 0 unspecified atom stereocenters. The van der Waals surface area contributed by atoms with E-state index >= 15 is 0 Å². The van der Waals surface area contributed by atoms with Gasteiger partial charge >= 0.3 is 0 Å². The van der Waals surface area contributed by atoms with E-state index in [1.54, 1.807) is 11.8 Å². The first kappa shape index (κ1) is 16.5. The average molecular weight is 280 g/mol. The fourth-order valence-electron chi connectivity index (χ4n) is 2.16. The highest BCUT2D eigenvalue weighted by molar-refractivity contribution is 7.98. The van der Waals surface area contributed by atoms with Crippen molar-refractivity contribution < 1.29 is 0 Å². The van der Waals surface area contributed by atoms with E-state index in [0.29, 0.717) is 0 Å². The number of thioether (sulfide) groups is 1. The van der Waals surface area contributed by atoms with Crippen molar-refractivity contribution in [2.24, 2.45) is 0 Å². The van der Waals surface area contributed by atoms with Gasteiger partial charge in [-0.3, -0.25) is 4.90 Å². The highest BCUT2D eigenvalue weighted by atomic mass is 32.2. The number of nitrogens with zero attached hydrogens (tertiary/aromatic N) is 2. The van der Waals surface area contributed by atoms with Gasteiger partial charge in [0.2, 0.25) is 0 Å². The van der Waals surface area contributed by atoms with E-state index in [9.17, 15) is 0 Å². The molecule has 1 rings (SSSR count). The minimum Gasteiger partial charge on any atom is -0.303 e. The van der Waals surface area contributed by atoms with Crippen LogP contribution >= 0.6 is 11.8 Å². The summed E-state index contributed by atoms with van der Waals surface area (Å²) in [5, 5.41) is 0. The van der Waals surface area contributed by atoms with E-state index in [2.05, 4.69) is 61.1 Å². The third-order valence-electron chi connectivity index (χ3n) is 3.64. The number of likely N-dealkylation sites (N-methyl/N-ethyl adjacent to an activating group) is 2. The Morgan fingerprint density at radius 1 is 0.842 bits per heavy atom. The van der Waals surface area contributed by atoms with Gasteiger partial charge in [0.05, 0.1) is 0 Å². The molecule has 0 amide bonds. The molecule has 3 heteroatoms. The topological polar surface area (TPSA) is 6.48 Å². The van der Waals surface area contributed by atoms with Crippen LogP contribution in [0.1, 0.15) is 26.3 Å². The molecule has 0 saturated carbocycles. The lowest BCUT2D eigenvalue weighted by molar-refractivity contribution is 0.215. The molecular weight excluding hydrogens is 252 g/mol. The normalized spacial score (nSPS) is 11.5. The molecule has 0 aromatic heterocycles. The predicted octanol–water partition coefficient (Wildman–Crippen LogP) is 3.57. The molecule has 0 atom stereocenters. The molecule has 0 saturated heterocycles. The lowest BCUT2D eigenvalue weighted by Crippen LogP contribution is -2.34. The Morgan fingerprint density at radius 2 is 1.37 bits per heavy atom. The van der Waals surface area contributed by atoms with E-state index in [-0.39, 0.29) is 0 Å². The van der Waals surface area contributed by atoms with Gasteiger partial charge in [0.25, 0.3) is 0 Å². The summed E-state index contributed by atoms with van der Waals surface area (Å²) in [5.74, 6) is 0. The number of hydrogen-bond acceptors (Lipinski definition) is 3. The monoisotopic (exact) mass is 280 g/mol. The van der Waals surface area contributed by atoms with Crippen LogP contribution in [0.4, 0.5) is 0 Å². The Kier molecular flexibility index (Phi) is 8.19. The van der Waals surface area contributed by atoms with E-state index < -0.39 is 0 Å². The van der Waals surface area contributed by atoms with Crippen molar-refractivity contribution in [2.75, 3.05) is 39.0 Å². The number of rotatable bonds is 9. The van der Waals surface area contributed by atoms with Gasteiger partial charge in [-0.05, 0) is 43.6 Å². The zero-order valence-corrected chi connectivity index (χ0v) is 13.7. The molecule has 0 heterocycles. The Labute approximate surface area is 123 Å². The number of benzene rings is 1. The zero-order valence-electron chi connectivity index (χ0n) is 12.9. The summed E-state index contributed by atoms with van der Waals surface area (Å²) < 4.78 is 0. The standard InChI is InChI=1S/C16H28N2S/c1-5-17(6-2)12-13-18(7-3)14-15-8-10-16(19-4)11-9-15/h8-11H,5-7,12-14H2,1-4H3.